The van der Waals surface area contributed by atoms with Crippen LogP contribution < -0.4 is 0 Å². The lowest BCUT2D eigenvalue weighted by Crippen LogP contribution is -2.55. The molecule has 1 heterocycles. The predicted molar refractivity (Wildman–Crippen MR) is 100 cm³/mol. The summed E-state index contributed by atoms with van der Waals surface area (Å²) in [6.45, 7) is 6.61. The standard InChI is InChI=1S/C22H35NO3/c1-20-10-7-16(23-24)5-3-15(20)4-6-17-18(20)8-11-21(2)19(17)9-12-22(21)25-13-14-26-22/h15,17-19,24H,3-14H2,1-2H3/t15-,17-,18?,19+,20+,21+/m1/s1. The molecule has 0 amide bonds. The zero-order valence-electron chi connectivity index (χ0n) is 16.5. The maximum atomic E-state index is 9.30. The van der Waals surface area contributed by atoms with Crippen LogP contribution in [0.1, 0.15) is 78.1 Å². The molecule has 4 nitrogen and oxygen atoms in total. The first-order valence-electron chi connectivity index (χ1n) is 11.0. The lowest BCUT2D eigenvalue weighted by molar-refractivity contribution is -0.246. The first kappa shape index (κ1) is 17.5. The second-order valence-electron chi connectivity index (χ2n) is 10.3. The third-order valence-electron chi connectivity index (χ3n) is 9.74. The molecule has 0 aromatic rings. The summed E-state index contributed by atoms with van der Waals surface area (Å²) in [6.07, 6.45) is 12.1. The van der Waals surface area contributed by atoms with Gasteiger partial charge in [-0.25, -0.2) is 0 Å². The molecule has 6 atom stereocenters. The minimum atomic E-state index is -0.277. The molecule has 26 heavy (non-hydrogen) atoms. The Bertz CT molecular complexity index is 598. The Morgan fingerprint density at radius 3 is 2.42 bits per heavy atom. The molecule has 1 N–H and O–H groups in total. The van der Waals surface area contributed by atoms with Crippen LogP contribution in [-0.2, 0) is 9.47 Å². The van der Waals surface area contributed by atoms with Gasteiger partial charge >= 0.3 is 0 Å². The third kappa shape index (κ3) is 2.18. The molecule has 0 radical (unpaired) electrons. The van der Waals surface area contributed by atoms with Crippen LogP contribution in [0.3, 0.4) is 0 Å². The van der Waals surface area contributed by atoms with Gasteiger partial charge in [0.25, 0.3) is 0 Å². The number of rotatable bonds is 0. The summed E-state index contributed by atoms with van der Waals surface area (Å²) >= 11 is 0. The molecule has 1 spiro atoms. The van der Waals surface area contributed by atoms with Crippen molar-refractivity contribution in [2.24, 2.45) is 39.7 Å². The van der Waals surface area contributed by atoms with Crippen LogP contribution in [0.25, 0.3) is 0 Å². The van der Waals surface area contributed by atoms with Gasteiger partial charge in [0.2, 0.25) is 0 Å². The second kappa shape index (κ2) is 5.94. The Balaban J connectivity index is 1.44. The smallest absolute Gasteiger partial charge is 0.174 e. The number of nitrogens with zero attached hydrogens (tertiary/aromatic N) is 1. The van der Waals surface area contributed by atoms with Gasteiger partial charge in [0.15, 0.2) is 5.79 Å². The molecule has 1 aliphatic heterocycles. The van der Waals surface area contributed by atoms with E-state index >= 15 is 0 Å². The summed E-state index contributed by atoms with van der Waals surface area (Å²) in [5.41, 5.74) is 1.66. The summed E-state index contributed by atoms with van der Waals surface area (Å²) in [5, 5.41) is 12.9. The molecule has 0 bridgehead atoms. The maximum absolute atomic E-state index is 9.30. The first-order valence-corrected chi connectivity index (χ1v) is 11.0. The molecule has 5 rings (SSSR count). The lowest BCUT2D eigenvalue weighted by atomic mass is 9.46. The molecule has 1 unspecified atom stereocenters. The fraction of sp³-hybridized carbons (Fsp3) is 0.955. The number of hydrogen-bond donors (Lipinski definition) is 1. The quantitative estimate of drug-likeness (QED) is 0.488. The number of ether oxygens (including phenoxy) is 2. The summed E-state index contributed by atoms with van der Waals surface area (Å²) in [7, 11) is 0. The van der Waals surface area contributed by atoms with Crippen molar-refractivity contribution in [2.45, 2.75) is 83.8 Å². The Morgan fingerprint density at radius 2 is 1.65 bits per heavy atom. The minimum absolute atomic E-state index is 0.205. The molecular formula is C22H35NO3. The van der Waals surface area contributed by atoms with E-state index in [1.54, 1.807) is 0 Å². The van der Waals surface area contributed by atoms with E-state index < -0.39 is 0 Å². The number of hydrogen-bond acceptors (Lipinski definition) is 4. The van der Waals surface area contributed by atoms with E-state index in [-0.39, 0.29) is 11.2 Å². The fourth-order valence-corrected chi connectivity index (χ4v) is 8.26. The lowest BCUT2D eigenvalue weighted by Gasteiger charge is -2.59. The molecule has 0 aromatic heterocycles. The summed E-state index contributed by atoms with van der Waals surface area (Å²) in [4.78, 5) is 0. The van der Waals surface area contributed by atoms with Crippen molar-refractivity contribution in [2.75, 3.05) is 13.2 Å². The number of fused-ring (bicyclic) bond motifs is 6. The van der Waals surface area contributed by atoms with Gasteiger partial charge < -0.3 is 14.7 Å². The SMILES string of the molecule is C[C@]12CCC3[C@@H](CC[C@H]4CCC(=NO)CC[C@]34C)[C@@H]1CCC21OCCO1. The average molecular weight is 362 g/mol. The van der Waals surface area contributed by atoms with Crippen LogP contribution in [-0.4, -0.2) is 29.9 Å². The molecule has 146 valence electrons. The van der Waals surface area contributed by atoms with Crippen molar-refractivity contribution < 1.29 is 14.7 Å². The van der Waals surface area contributed by atoms with Gasteiger partial charge in [-0.2, -0.15) is 0 Å². The van der Waals surface area contributed by atoms with Crippen LogP contribution in [0.4, 0.5) is 0 Å². The van der Waals surface area contributed by atoms with Crippen LogP contribution in [0.2, 0.25) is 0 Å². The highest BCUT2D eigenvalue weighted by molar-refractivity contribution is 5.84. The Kier molecular flexibility index (Phi) is 4.00. The van der Waals surface area contributed by atoms with Crippen LogP contribution >= 0.6 is 0 Å². The van der Waals surface area contributed by atoms with E-state index in [9.17, 15) is 5.21 Å². The monoisotopic (exact) mass is 361 g/mol. The Morgan fingerprint density at radius 1 is 0.885 bits per heavy atom. The van der Waals surface area contributed by atoms with Gasteiger partial charge in [0.1, 0.15) is 0 Å². The normalized spacial score (nSPS) is 51.7. The van der Waals surface area contributed by atoms with Gasteiger partial charge in [0.05, 0.1) is 18.9 Å². The van der Waals surface area contributed by atoms with Crippen LogP contribution in [0.5, 0.6) is 0 Å². The van der Waals surface area contributed by atoms with Crippen molar-refractivity contribution in [1.29, 1.82) is 0 Å². The number of oxime groups is 1. The molecule has 5 aliphatic rings. The first-order chi connectivity index (χ1) is 12.5. The van der Waals surface area contributed by atoms with E-state index in [0.717, 1.165) is 61.9 Å². The Hall–Kier alpha value is -0.610. The van der Waals surface area contributed by atoms with Gasteiger partial charge in [-0.05, 0) is 86.9 Å². The van der Waals surface area contributed by atoms with Crippen molar-refractivity contribution in [3.63, 3.8) is 0 Å². The summed E-state index contributed by atoms with van der Waals surface area (Å²) in [5.74, 6) is 2.94. The third-order valence-corrected chi connectivity index (χ3v) is 9.74. The van der Waals surface area contributed by atoms with Crippen molar-refractivity contribution in [1.82, 2.24) is 0 Å². The van der Waals surface area contributed by atoms with E-state index in [2.05, 4.69) is 19.0 Å². The zero-order chi connectivity index (χ0) is 18.0. The van der Waals surface area contributed by atoms with Crippen molar-refractivity contribution in [3.8, 4) is 0 Å². The van der Waals surface area contributed by atoms with E-state index in [1.165, 1.54) is 44.9 Å². The molecule has 4 heteroatoms. The van der Waals surface area contributed by atoms with Crippen molar-refractivity contribution >= 4 is 5.71 Å². The van der Waals surface area contributed by atoms with Gasteiger partial charge in [-0.1, -0.05) is 19.0 Å². The van der Waals surface area contributed by atoms with Gasteiger partial charge in [-0.3, -0.25) is 0 Å². The van der Waals surface area contributed by atoms with E-state index in [4.69, 9.17) is 9.47 Å². The highest BCUT2D eigenvalue weighted by Gasteiger charge is 2.66. The Labute approximate surface area is 157 Å². The highest BCUT2D eigenvalue weighted by atomic mass is 16.7. The molecule has 0 aromatic carbocycles. The molecular weight excluding hydrogens is 326 g/mol. The zero-order valence-corrected chi connectivity index (χ0v) is 16.5. The average Bonchev–Trinajstić information content (AvgIpc) is 3.18. The van der Waals surface area contributed by atoms with Gasteiger partial charge in [-0.15, -0.1) is 0 Å². The predicted octanol–water partition coefficient (Wildman–Crippen LogP) is 4.99. The molecule has 5 fully saturated rings. The molecule has 4 saturated carbocycles. The second-order valence-corrected chi connectivity index (χ2v) is 10.3. The largest absolute Gasteiger partial charge is 0.411 e. The molecule has 4 aliphatic carbocycles. The van der Waals surface area contributed by atoms with Crippen LogP contribution in [0.15, 0.2) is 5.16 Å². The van der Waals surface area contributed by atoms with Crippen LogP contribution in [0, 0.1) is 34.5 Å². The fourth-order valence-electron chi connectivity index (χ4n) is 8.26. The molecule has 1 saturated heterocycles. The maximum Gasteiger partial charge on any atom is 0.174 e. The summed E-state index contributed by atoms with van der Waals surface area (Å²) < 4.78 is 12.5. The summed E-state index contributed by atoms with van der Waals surface area (Å²) in [6, 6.07) is 0. The van der Waals surface area contributed by atoms with Gasteiger partial charge in [0, 0.05) is 11.8 Å². The van der Waals surface area contributed by atoms with Crippen molar-refractivity contribution in [3.05, 3.63) is 0 Å². The topological polar surface area (TPSA) is 51.1 Å². The minimum Gasteiger partial charge on any atom is -0.411 e. The van der Waals surface area contributed by atoms with E-state index in [0.29, 0.717) is 5.41 Å². The van der Waals surface area contributed by atoms with E-state index in [1.807, 2.05) is 0 Å². The highest BCUT2D eigenvalue weighted by Crippen LogP contribution is 2.69.